The summed E-state index contributed by atoms with van der Waals surface area (Å²) in [4.78, 5) is 23.6. The summed E-state index contributed by atoms with van der Waals surface area (Å²) < 4.78 is 1.81. The van der Waals surface area contributed by atoms with Crippen LogP contribution in [0.15, 0.2) is 41.3 Å². The number of aromatic nitrogens is 1. The van der Waals surface area contributed by atoms with Crippen molar-refractivity contribution in [2.75, 3.05) is 6.54 Å². The number of rotatable bonds is 6. The summed E-state index contributed by atoms with van der Waals surface area (Å²) in [6, 6.07) is 8.86. The predicted molar refractivity (Wildman–Crippen MR) is 80.7 cm³/mol. The van der Waals surface area contributed by atoms with Gasteiger partial charge in [-0.3, -0.25) is 9.59 Å². The number of fused-ring (bicyclic) bond motifs is 1. The first-order chi connectivity index (χ1) is 9.72. The molecule has 0 atom stereocenters. The van der Waals surface area contributed by atoms with Crippen LogP contribution in [-0.2, 0) is 11.3 Å². The first-order valence-corrected chi connectivity index (χ1v) is 7.07. The Morgan fingerprint density at radius 1 is 1.20 bits per heavy atom. The number of para-hydroxylation sites is 1. The number of carbonyl (C=O) groups is 1. The number of pyridine rings is 1. The number of nitrogens with zero attached hydrogens (tertiary/aromatic N) is 1. The predicted octanol–water partition coefficient (Wildman–Crippen LogP) is 2.31. The summed E-state index contributed by atoms with van der Waals surface area (Å²) >= 11 is 0. The van der Waals surface area contributed by atoms with Gasteiger partial charge in [-0.2, -0.15) is 0 Å². The molecule has 0 aliphatic heterocycles. The minimum atomic E-state index is -0.0186. The summed E-state index contributed by atoms with van der Waals surface area (Å²) in [6.45, 7) is 3.09. The Bertz CT molecular complexity index is 646. The number of nitrogens with one attached hydrogen (secondary N) is 1. The van der Waals surface area contributed by atoms with Crippen molar-refractivity contribution in [1.82, 2.24) is 9.88 Å². The molecule has 20 heavy (non-hydrogen) atoms. The molecular weight excluding hydrogens is 252 g/mol. The van der Waals surface area contributed by atoms with Gasteiger partial charge in [-0.15, -0.1) is 0 Å². The lowest BCUT2D eigenvalue weighted by Gasteiger charge is -2.10. The van der Waals surface area contributed by atoms with Crippen LogP contribution in [0, 0.1) is 0 Å². The molecule has 4 nitrogen and oxygen atoms in total. The van der Waals surface area contributed by atoms with Gasteiger partial charge < -0.3 is 9.88 Å². The molecule has 0 spiro atoms. The van der Waals surface area contributed by atoms with Gasteiger partial charge in [-0.05, 0) is 18.6 Å². The SMILES string of the molecule is CCCCCNC(=O)Cn1ccc(=O)c2ccccc21. The third-order valence-electron chi connectivity index (χ3n) is 3.30. The molecule has 1 aromatic heterocycles. The van der Waals surface area contributed by atoms with E-state index in [2.05, 4.69) is 12.2 Å². The average Bonchev–Trinajstić information content (AvgIpc) is 2.47. The minimum absolute atomic E-state index is 0.0137. The van der Waals surface area contributed by atoms with Crippen LogP contribution in [0.2, 0.25) is 0 Å². The largest absolute Gasteiger partial charge is 0.355 e. The van der Waals surface area contributed by atoms with Gasteiger partial charge in [0.1, 0.15) is 6.54 Å². The number of hydrogen-bond donors (Lipinski definition) is 1. The van der Waals surface area contributed by atoms with Crippen LogP contribution < -0.4 is 10.7 Å². The fourth-order valence-electron chi connectivity index (χ4n) is 2.21. The van der Waals surface area contributed by atoms with Crippen LogP contribution in [0.5, 0.6) is 0 Å². The Hall–Kier alpha value is -2.10. The molecule has 0 aliphatic carbocycles. The molecule has 2 rings (SSSR count). The van der Waals surface area contributed by atoms with Crippen LogP contribution >= 0.6 is 0 Å². The second-order valence-corrected chi connectivity index (χ2v) is 4.88. The molecule has 1 N–H and O–H groups in total. The molecule has 0 bridgehead atoms. The zero-order valence-electron chi connectivity index (χ0n) is 11.8. The van der Waals surface area contributed by atoms with E-state index in [-0.39, 0.29) is 17.9 Å². The molecule has 1 amide bonds. The van der Waals surface area contributed by atoms with Gasteiger partial charge in [0.15, 0.2) is 5.43 Å². The van der Waals surface area contributed by atoms with E-state index in [1.807, 2.05) is 22.8 Å². The second kappa shape index (κ2) is 6.89. The monoisotopic (exact) mass is 272 g/mol. The second-order valence-electron chi connectivity index (χ2n) is 4.88. The van der Waals surface area contributed by atoms with Crippen molar-refractivity contribution in [1.29, 1.82) is 0 Å². The van der Waals surface area contributed by atoms with Gasteiger partial charge in [0.2, 0.25) is 5.91 Å². The molecule has 0 fully saturated rings. The van der Waals surface area contributed by atoms with Crippen LogP contribution in [0.1, 0.15) is 26.2 Å². The van der Waals surface area contributed by atoms with E-state index in [9.17, 15) is 9.59 Å². The van der Waals surface area contributed by atoms with Gasteiger partial charge in [0.25, 0.3) is 0 Å². The molecule has 1 aromatic carbocycles. The number of benzene rings is 1. The maximum absolute atomic E-state index is 11.9. The molecule has 0 saturated heterocycles. The Morgan fingerprint density at radius 2 is 2.00 bits per heavy atom. The van der Waals surface area contributed by atoms with Crippen molar-refractivity contribution in [2.45, 2.75) is 32.7 Å². The van der Waals surface area contributed by atoms with Gasteiger partial charge in [0, 0.05) is 24.2 Å². The highest BCUT2D eigenvalue weighted by Crippen LogP contribution is 2.09. The van der Waals surface area contributed by atoms with E-state index < -0.39 is 0 Å². The quantitative estimate of drug-likeness (QED) is 0.820. The highest BCUT2D eigenvalue weighted by molar-refractivity contribution is 5.82. The minimum Gasteiger partial charge on any atom is -0.355 e. The highest BCUT2D eigenvalue weighted by atomic mass is 16.2. The van der Waals surface area contributed by atoms with Crippen LogP contribution in [-0.4, -0.2) is 17.0 Å². The molecular formula is C16H20N2O2. The maximum atomic E-state index is 11.9. The number of amides is 1. The first kappa shape index (κ1) is 14.3. The third kappa shape index (κ3) is 3.47. The Morgan fingerprint density at radius 3 is 2.80 bits per heavy atom. The molecule has 0 aliphatic rings. The Labute approximate surface area is 118 Å². The summed E-state index contributed by atoms with van der Waals surface area (Å²) in [5.74, 6) is -0.0186. The van der Waals surface area contributed by atoms with Crippen LogP contribution in [0.3, 0.4) is 0 Å². The smallest absolute Gasteiger partial charge is 0.239 e. The normalized spacial score (nSPS) is 10.7. The van der Waals surface area contributed by atoms with Crippen molar-refractivity contribution < 1.29 is 4.79 Å². The van der Waals surface area contributed by atoms with Crippen molar-refractivity contribution in [3.05, 3.63) is 46.8 Å². The summed E-state index contributed by atoms with van der Waals surface area (Å²) in [7, 11) is 0. The zero-order valence-corrected chi connectivity index (χ0v) is 11.8. The number of unbranched alkanes of at least 4 members (excludes halogenated alkanes) is 2. The summed E-state index contributed by atoms with van der Waals surface area (Å²) in [6.07, 6.45) is 4.95. The fraction of sp³-hybridized carbons (Fsp3) is 0.375. The summed E-state index contributed by atoms with van der Waals surface area (Å²) in [5, 5.41) is 3.55. The molecule has 0 saturated carbocycles. The summed E-state index contributed by atoms with van der Waals surface area (Å²) in [5.41, 5.74) is 0.781. The van der Waals surface area contributed by atoms with Crippen LogP contribution in [0.4, 0.5) is 0 Å². The standard InChI is InChI=1S/C16H20N2O2/c1-2-3-6-10-17-16(20)12-18-11-9-15(19)13-7-4-5-8-14(13)18/h4-5,7-9,11H,2-3,6,10,12H2,1H3,(H,17,20). The van der Waals surface area contributed by atoms with Gasteiger partial charge in [-0.25, -0.2) is 0 Å². The van der Waals surface area contributed by atoms with E-state index >= 15 is 0 Å². The lowest BCUT2D eigenvalue weighted by Crippen LogP contribution is -2.28. The Balaban J connectivity index is 2.08. The molecule has 0 radical (unpaired) electrons. The highest BCUT2D eigenvalue weighted by Gasteiger charge is 2.05. The molecule has 0 unspecified atom stereocenters. The number of carbonyl (C=O) groups excluding carboxylic acids is 1. The topological polar surface area (TPSA) is 51.1 Å². The van der Waals surface area contributed by atoms with Gasteiger partial charge >= 0.3 is 0 Å². The lowest BCUT2D eigenvalue weighted by atomic mass is 10.2. The van der Waals surface area contributed by atoms with Gasteiger partial charge in [-0.1, -0.05) is 31.9 Å². The van der Waals surface area contributed by atoms with Crippen LogP contribution in [0.25, 0.3) is 10.9 Å². The van der Waals surface area contributed by atoms with Crippen molar-refractivity contribution >= 4 is 16.8 Å². The van der Waals surface area contributed by atoms with Crippen molar-refractivity contribution in [3.8, 4) is 0 Å². The van der Waals surface area contributed by atoms with E-state index in [1.54, 1.807) is 12.3 Å². The Kier molecular flexibility index (Phi) is 4.93. The fourth-order valence-corrected chi connectivity index (χ4v) is 2.21. The zero-order chi connectivity index (χ0) is 14.4. The van der Waals surface area contributed by atoms with E-state index in [0.29, 0.717) is 11.9 Å². The lowest BCUT2D eigenvalue weighted by molar-refractivity contribution is -0.121. The van der Waals surface area contributed by atoms with Gasteiger partial charge in [0.05, 0.1) is 5.52 Å². The molecule has 106 valence electrons. The maximum Gasteiger partial charge on any atom is 0.239 e. The molecule has 1 heterocycles. The first-order valence-electron chi connectivity index (χ1n) is 7.07. The van der Waals surface area contributed by atoms with Crippen molar-refractivity contribution in [3.63, 3.8) is 0 Å². The molecule has 4 heteroatoms. The average molecular weight is 272 g/mol. The van der Waals surface area contributed by atoms with Crippen molar-refractivity contribution in [2.24, 2.45) is 0 Å². The number of hydrogen-bond acceptors (Lipinski definition) is 2. The molecule has 2 aromatic rings. The van der Waals surface area contributed by atoms with E-state index in [1.165, 1.54) is 6.07 Å². The van der Waals surface area contributed by atoms with E-state index in [0.717, 1.165) is 24.8 Å². The third-order valence-corrected chi connectivity index (χ3v) is 3.30. The van der Waals surface area contributed by atoms with E-state index in [4.69, 9.17) is 0 Å².